The highest BCUT2D eigenvalue weighted by molar-refractivity contribution is 14.0. The second kappa shape index (κ2) is 13.7. The van der Waals surface area contributed by atoms with Crippen molar-refractivity contribution in [2.75, 3.05) is 19.7 Å². The van der Waals surface area contributed by atoms with E-state index in [1.165, 1.54) is 11.1 Å². The molecule has 0 unspecified atom stereocenters. The lowest BCUT2D eigenvalue weighted by Crippen LogP contribution is -2.38. The van der Waals surface area contributed by atoms with Gasteiger partial charge in [-0.2, -0.15) is 0 Å². The van der Waals surface area contributed by atoms with Gasteiger partial charge in [-0.25, -0.2) is 9.98 Å². The van der Waals surface area contributed by atoms with Gasteiger partial charge >= 0.3 is 0 Å². The number of halogens is 2. The average Bonchev–Trinajstić information content (AvgIpc) is 2.67. The van der Waals surface area contributed by atoms with Gasteiger partial charge in [0.05, 0.1) is 13.2 Å². The van der Waals surface area contributed by atoms with Crippen molar-refractivity contribution in [3.05, 3.63) is 64.4 Å². The third kappa shape index (κ3) is 9.39. The largest absolute Gasteiger partial charge is 0.377 e. The zero-order chi connectivity index (χ0) is 18.6. The lowest BCUT2D eigenvalue weighted by atomic mass is 10.1. The van der Waals surface area contributed by atoms with Gasteiger partial charge in [-0.15, -0.1) is 24.0 Å². The summed E-state index contributed by atoms with van der Waals surface area (Å²) in [6.45, 7) is 7.68. The molecule has 7 heteroatoms. The topological polar surface area (TPSA) is 58.5 Å². The summed E-state index contributed by atoms with van der Waals surface area (Å²) < 4.78 is 5.42. The number of hydrogen-bond acceptors (Lipinski definition) is 3. The Morgan fingerprint density at radius 1 is 1.04 bits per heavy atom. The SMILES string of the molecule is CCNC(=NCc1ccc(COCC)cc1)NCCc1ccc(Cl)nc1.I. The van der Waals surface area contributed by atoms with Crippen LogP contribution in [0.1, 0.15) is 30.5 Å². The van der Waals surface area contributed by atoms with Crippen molar-refractivity contribution in [3.8, 4) is 0 Å². The van der Waals surface area contributed by atoms with Crippen LogP contribution in [0.5, 0.6) is 0 Å². The molecule has 2 aromatic rings. The van der Waals surface area contributed by atoms with E-state index in [0.29, 0.717) is 18.3 Å². The highest BCUT2D eigenvalue weighted by Gasteiger charge is 2.00. The van der Waals surface area contributed by atoms with Crippen LogP contribution in [0.15, 0.2) is 47.6 Å². The van der Waals surface area contributed by atoms with Gasteiger partial charge in [0.15, 0.2) is 5.96 Å². The molecule has 1 aromatic carbocycles. The molecule has 148 valence electrons. The van der Waals surface area contributed by atoms with Crippen molar-refractivity contribution in [3.63, 3.8) is 0 Å². The van der Waals surface area contributed by atoms with Crippen LogP contribution in [-0.2, 0) is 24.3 Å². The molecular formula is C20H28ClIN4O. The van der Waals surface area contributed by atoms with Crippen molar-refractivity contribution >= 4 is 41.5 Å². The van der Waals surface area contributed by atoms with Gasteiger partial charge in [-0.05, 0) is 43.0 Å². The Bertz CT molecular complexity index is 677. The van der Waals surface area contributed by atoms with Gasteiger partial charge in [0.25, 0.3) is 0 Å². The second-order valence-electron chi connectivity index (χ2n) is 5.81. The summed E-state index contributed by atoms with van der Waals surface area (Å²) in [7, 11) is 0. The van der Waals surface area contributed by atoms with Crippen LogP contribution < -0.4 is 10.6 Å². The summed E-state index contributed by atoms with van der Waals surface area (Å²) in [5.41, 5.74) is 3.49. The molecule has 2 rings (SSSR count). The number of aliphatic imine (C=N–C) groups is 1. The van der Waals surface area contributed by atoms with E-state index in [2.05, 4.69) is 51.8 Å². The maximum absolute atomic E-state index is 5.81. The third-order valence-corrected chi connectivity index (χ3v) is 3.98. The Balaban J connectivity index is 0.00000364. The van der Waals surface area contributed by atoms with Crippen LogP contribution in [0.4, 0.5) is 0 Å². The first-order valence-electron chi connectivity index (χ1n) is 8.99. The Hall–Kier alpha value is -1.38. The Labute approximate surface area is 184 Å². The standard InChI is InChI=1S/C20H27ClN4O.HI/c1-3-22-20(23-12-11-17-9-10-19(21)24-13-17)25-14-16-5-7-18(8-6-16)15-26-4-2;/h5-10,13H,3-4,11-12,14-15H2,1-2H3,(H2,22,23,25);1H. The number of nitrogens with one attached hydrogen (secondary N) is 2. The van der Waals surface area contributed by atoms with Crippen molar-refractivity contribution in [2.45, 2.75) is 33.4 Å². The molecule has 1 heterocycles. The predicted molar refractivity (Wildman–Crippen MR) is 123 cm³/mol. The van der Waals surface area contributed by atoms with Crippen LogP contribution in [0.2, 0.25) is 5.15 Å². The minimum Gasteiger partial charge on any atom is -0.377 e. The fourth-order valence-corrected chi connectivity index (χ4v) is 2.46. The Kier molecular flexibility index (Phi) is 12.0. The smallest absolute Gasteiger partial charge is 0.191 e. The molecule has 27 heavy (non-hydrogen) atoms. The maximum Gasteiger partial charge on any atom is 0.191 e. The predicted octanol–water partition coefficient (Wildman–Crippen LogP) is 4.19. The summed E-state index contributed by atoms with van der Waals surface area (Å²) in [5, 5.41) is 7.14. The number of guanidine groups is 1. The molecule has 5 nitrogen and oxygen atoms in total. The molecule has 0 fully saturated rings. The second-order valence-corrected chi connectivity index (χ2v) is 6.20. The lowest BCUT2D eigenvalue weighted by molar-refractivity contribution is 0.134. The van der Waals surface area contributed by atoms with Crippen molar-refractivity contribution in [1.29, 1.82) is 0 Å². The normalized spacial score (nSPS) is 11.0. The van der Waals surface area contributed by atoms with Gasteiger partial charge in [-0.3, -0.25) is 0 Å². The van der Waals surface area contributed by atoms with Gasteiger partial charge in [0, 0.05) is 25.9 Å². The summed E-state index contributed by atoms with van der Waals surface area (Å²) in [6.07, 6.45) is 2.67. The summed E-state index contributed by atoms with van der Waals surface area (Å²) in [4.78, 5) is 8.75. The number of ether oxygens (including phenoxy) is 1. The fourth-order valence-electron chi connectivity index (χ4n) is 2.35. The zero-order valence-corrected chi connectivity index (χ0v) is 19.0. The van der Waals surface area contributed by atoms with Gasteiger partial charge in [0.2, 0.25) is 0 Å². The zero-order valence-electron chi connectivity index (χ0n) is 15.9. The van der Waals surface area contributed by atoms with E-state index in [9.17, 15) is 0 Å². The van der Waals surface area contributed by atoms with Crippen LogP contribution in [0.25, 0.3) is 0 Å². The maximum atomic E-state index is 5.81. The molecule has 0 spiro atoms. The summed E-state index contributed by atoms with van der Waals surface area (Å²) >= 11 is 5.81. The van der Waals surface area contributed by atoms with E-state index in [-0.39, 0.29) is 24.0 Å². The molecule has 0 bridgehead atoms. The van der Waals surface area contributed by atoms with Gasteiger partial charge in [-0.1, -0.05) is 41.9 Å². The summed E-state index contributed by atoms with van der Waals surface area (Å²) in [6, 6.07) is 12.2. The molecule has 0 amide bonds. The Morgan fingerprint density at radius 2 is 1.74 bits per heavy atom. The molecule has 0 aliphatic rings. The molecule has 0 saturated heterocycles. The van der Waals surface area contributed by atoms with E-state index in [0.717, 1.165) is 37.6 Å². The van der Waals surface area contributed by atoms with Crippen molar-refractivity contribution in [2.24, 2.45) is 4.99 Å². The number of hydrogen-bond donors (Lipinski definition) is 2. The molecule has 1 aromatic heterocycles. The summed E-state index contributed by atoms with van der Waals surface area (Å²) in [5.74, 6) is 0.813. The first-order valence-corrected chi connectivity index (χ1v) is 9.37. The lowest BCUT2D eigenvalue weighted by Gasteiger charge is -2.11. The minimum absolute atomic E-state index is 0. The van der Waals surface area contributed by atoms with E-state index < -0.39 is 0 Å². The first-order chi connectivity index (χ1) is 12.7. The van der Waals surface area contributed by atoms with Crippen molar-refractivity contribution in [1.82, 2.24) is 15.6 Å². The van der Waals surface area contributed by atoms with Crippen molar-refractivity contribution < 1.29 is 4.74 Å². The number of rotatable bonds is 9. The molecule has 0 aliphatic carbocycles. The van der Waals surface area contributed by atoms with E-state index in [4.69, 9.17) is 16.3 Å². The van der Waals surface area contributed by atoms with E-state index in [1.54, 1.807) is 6.20 Å². The molecular weight excluding hydrogens is 475 g/mol. The van der Waals surface area contributed by atoms with E-state index in [1.807, 2.05) is 19.1 Å². The number of benzene rings is 1. The van der Waals surface area contributed by atoms with Crippen LogP contribution in [0, 0.1) is 0 Å². The van der Waals surface area contributed by atoms with Crippen LogP contribution >= 0.6 is 35.6 Å². The quantitative estimate of drug-likeness (QED) is 0.234. The molecule has 0 aliphatic heterocycles. The highest BCUT2D eigenvalue weighted by Crippen LogP contribution is 2.07. The fraction of sp³-hybridized carbons (Fsp3) is 0.400. The van der Waals surface area contributed by atoms with Crippen LogP contribution in [-0.4, -0.2) is 30.6 Å². The monoisotopic (exact) mass is 502 g/mol. The van der Waals surface area contributed by atoms with Gasteiger partial charge in [0.1, 0.15) is 5.15 Å². The number of pyridine rings is 1. The number of nitrogens with zero attached hydrogens (tertiary/aromatic N) is 2. The average molecular weight is 503 g/mol. The number of aromatic nitrogens is 1. The molecule has 0 saturated carbocycles. The molecule has 0 atom stereocenters. The van der Waals surface area contributed by atoms with Crippen LogP contribution in [0.3, 0.4) is 0 Å². The molecule has 0 radical (unpaired) electrons. The minimum atomic E-state index is 0. The van der Waals surface area contributed by atoms with E-state index >= 15 is 0 Å². The molecule has 2 N–H and O–H groups in total. The van der Waals surface area contributed by atoms with Gasteiger partial charge < -0.3 is 15.4 Å². The Morgan fingerprint density at radius 3 is 2.37 bits per heavy atom. The first kappa shape index (κ1) is 23.7. The highest BCUT2D eigenvalue weighted by atomic mass is 127. The third-order valence-electron chi connectivity index (χ3n) is 3.75.